The highest BCUT2D eigenvalue weighted by Gasteiger charge is 2.39. The zero-order chi connectivity index (χ0) is 32.0. The van der Waals surface area contributed by atoms with Gasteiger partial charge in [-0.25, -0.2) is 9.78 Å². The highest BCUT2D eigenvalue weighted by atomic mass is 28.4. The molecule has 1 heterocycles. The van der Waals surface area contributed by atoms with Crippen molar-refractivity contribution in [3.63, 3.8) is 0 Å². The van der Waals surface area contributed by atoms with Crippen molar-refractivity contribution >= 4 is 26.5 Å². The normalized spacial score (nSPS) is 12.8. The molecule has 0 unspecified atom stereocenters. The molecule has 0 saturated heterocycles. The maximum atomic E-state index is 13.6. The molecular formula is C34H44N2O6Si. The summed E-state index contributed by atoms with van der Waals surface area (Å²) >= 11 is 0. The lowest BCUT2D eigenvalue weighted by molar-refractivity contribution is 0.0473. The lowest BCUT2D eigenvalue weighted by atomic mass is 9.87. The molecule has 0 aliphatic rings. The zero-order valence-electron chi connectivity index (χ0n) is 26.7. The minimum absolute atomic E-state index is 0.0287. The molecule has 1 amide bonds. The SMILES string of the molecule is COc1ccc(-c2ccc(C(=O)N[C@H](CO[Si](C)(C)C(C)(C)C)C(C)(C)C)cc2C(=O)OCc2ccccc2)c(C=O)n1. The number of rotatable bonds is 11. The zero-order valence-corrected chi connectivity index (χ0v) is 27.7. The molecule has 0 aliphatic heterocycles. The van der Waals surface area contributed by atoms with Crippen molar-refractivity contribution in [2.75, 3.05) is 13.7 Å². The molecule has 230 valence electrons. The maximum Gasteiger partial charge on any atom is 0.339 e. The van der Waals surface area contributed by atoms with Gasteiger partial charge in [0.1, 0.15) is 12.3 Å². The molecule has 1 atom stereocenters. The Hall–Kier alpha value is -3.82. The molecule has 2 aromatic carbocycles. The van der Waals surface area contributed by atoms with Gasteiger partial charge in [-0.05, 0) is 52.9 Å². The number of ether oxygens (including phenoxy) is 2. The Labute approximate surface area is 256 Å². The summed E-state index contributed by atoms with van der Waals surface area (Å²) in [7, 11) is -0.598. The van der Waals surface area contributed by atoms with Gasteiger partial charge in [0.05, 0.1) is 25.3 Å². The average Bonchev–Trinajstić information content (AvgIpc) is 2.96. The van der Waals surface area contributed by atoms with Crippen molar-refractivity contribution in [2.24, 2.45) is 5.41 Å². The third-order valence-electron chi connectivity index (χ3n) is 7.99. The monoisotopic (exact) mass is 604 g/mol. The van der Waals surface area contributed by atoms with Crippen LogP contribution in [0, 0.1) is 5.41 Å². The van der Waals surface area contributed by atoms with E-state index in [9.17, 15) is 14.4 Å². The number of carbonyl (C=O) groups is 3. The lowest BCUT2D eigenvalue weighted by Crippen LogP contribution is -2.51. The summed E-state index contributed by atoms with van der Waals surface area (Å²) in [5.41, 5.74) is 1.90. The topological polar surface area (TPSA) is 104 Å². The fourth-order valence-corrected chi connectivity index (χ4v) is 5.05. The number of amides is 1. The first-order valence-corrected chi connectivity index (χ1v) is 17.3. The molecule has 0 radical (unpaired) electrons. The van der Waals surface area contributed by atoms with Crippen LogP contribution >= 0.6 is 0 Å². The van der Waals surface area contributed by atoms with E-state index in [1.807, 2.05) is 30.3 Å². The highest BCUT2D eigenvalue weighted by molar-refractivity contribution is 6.74. The van der Waals surface area contributed by atoms with Crippen LogP contribution in [0.3, 0.4) is 0 Å². The number of aromatic nitrogens is 1. The average molecular weight is 605 g/mol. The van der Waals surface area contributed by atoms with Gasteiger partial charge >= 0.3 is 5.97 Å². The number of nitrogens with zero attached hydrogens (tertiary/aromatic N) is 1. The lowest BCUT2D eigenvalue weighted by Gasteiger charge is -2.39. The van der Waals surface area contributed by atoms with Gasteiger partial charge in [-0.15, -0.1) is 0 Å². The Morgan fingerprint density at radius 1 is 0.953 bits per heavy atom. The third-order valence-corrected chi connectivity index (χ3v) is 12.5. The number of carbonyl (C=O) groups excluding carboxylic acids is 3. The first kappa shape index (κ1) is 33.7. The van der Waals surface area contributed by atoms with E-state index in [2.05, 4.69) is 64.9 Å². The largest absolute Gasteiger partial charge is 0.481 e. The summed E-state index contributed by atoms with van der Waals surface area (Å²) in [4.78, 5) is 43.3. The predicted molar refractivity (Wildman–Crippen MR) is 171 cm³/mol. The number of benzene rings is 2. The second-order valence-electron chi connectivity index (χ2n) is 13.2. The van der Waals surface area contributed by atoms with Crippen molar-refractivity contribution in [2.45, 2.75) is 72.3 Å². The number of hydrogen-bond donors (Lipinski definition) is 1. The van der Waals surface area contributed by atoms with Crippen LogP contribution in [0.4, 0.5) is 0 Å². The Kier molecular flexibility index (Phi) is 10.7. The van der Waals surface area contributed by atoms with Gasteiger partial charge in [0.2, 0.25) is 5.88 Å². The number of hydrogen-bond acceptors (Lipinski definition) is 7. The number of methoxy groups -OCH3 is 1. The summed E-state index contributed by atoms with van der Waals surface area (Å²) in [6, 6.07) is 17.1. The smallest absolute Gasteiger partial charge is 0.339 e. The van der Waals surface area contributed by atoms with Crippen molar-refractivity contribution in [1.29, 1.82) is 0 Å². The second-order valence-corrected chi connectivity index (χ2v) is 18.0. The standard InChI is InChI=1S/C34H44N2O6Si/c1-33(2,3)29(22-42-43(8,9)34(4,5)6)36-31(38)24-15-16-25(26-17-18-30(40-7)35-28(26)20-37)27(19-24)32(39)41-21-23-13-11-10-12-14-23/h10-20,29H,21-22H2,1-9H3,(H,36,38)/t29-/m1/s1. The fourth-order valence-electron chi connectivity index (χ4n) is 4.04. The van der Waals surface area contributed by atoms with Gasteiger partial charge < -0.3 is 19.2 Å². The Bertz CT molecular complexity index is 1440. The maximum absolute atomic E-state index is 13.6. The summed E-state index contributed by atoms with van der Waals surface area (Å²) in [6.45, 7) is 17.5. The van der Waals surface area contributed by atoms with Crippen molar-refractivity contribution < 1.29 is 28.3 Å². The van der Waals surface area contributed by atoms with Gasteiger partial charge in [0.15, 0.2) is 14.6 Å². The molecule has 0 aliphatic carbocycles. The van der Waals surface area contributed by atoms with E-state index in [-0.39, 0.29) is 51.7 Å². The Morgan fingerprint density at radius 2 is 1.60 bits per heavy atom. The van der Waals surface area contributed by atoms with E-state index in [1.54, 1.807) is 24.3 Å². The van der Waals surface area contributed by atoms with Crippen LogP contribution in [0.15, 0.2) is 60.7 Å². The van der Waals surface area contributed by atoms with E-state index < -0.39 is 14.3 Å². The molecule has 8 nitrogen and oxygen atoms in total. The van der Waals surface area contributed by atoms with Crippen LogP contribution in [0.25, 0.3) is 11.1 Å². The van der Waals surface area contributed by atoms with Crippen LogP contribution in [0.1, 0.15) is 78.3 Å². The van der Waals surface area contributed by atoms with Crippen LogP contribution in [-0.2, 0) is 15.8 Å². The predicted octanol–water partition coefficient (Wildman–Crippen LogP) is 7.09. The molecule has 3 aromatic rings. The van der Waals surface area contributed by atoms with E-state index in [0.29, 0.717) is 24.0 Å². The third kappa shape index (κ3) is 8.61. The fraction of sp³-hybridized carbons (Fsp3) is 0.412. The number of aldehydes is 1. The highest BCUT2D eigenvalue weighted by Crippen LogP contribution is 2.37. The van der Waals surface area contributed by atoms with Gasteiger partial charge in [-0.2, -0.15) is 0 Å². The van der Waals surface area contributed by atoms with Crippen LogP contribution in [-0.4, -0.2) is 51.2 Å². The summed E-state index contributed by atoms with van der Waals surface area (Å²) in [5.74, 6) is -0.705. The van der Waals surface area contributed by atoms with Gasteiger partial charge in [-0.3, -0.25) is 9.59 Å². The summed E-state index contributed by atoms with van der Waals surface area (Å²) < 4.78 is 17.3. The van der Waals surface area contributed by atoms with Gasteiger partial charge in [0, 0.05) is 17.2 Å². The minimum Gasteiger partial charge on any atom is -0.481 e. The number of nitrogens with one attached hydrogen (secondary N) is 1. The number of esters is 1. The summed E-state index contributed by atoms with van der Waals surface area (Å²) in [5, 5.41) is 3.17. The molecule has 0 saturated carbocycles. The first-order valence-electron chi connectivity index (χ1n) is 14.4. The van der Waals surface area contributed by atoms with E-state index >= 15 is 0 Å². The first-order chi connectivity index (χ1) is 20.1. The molecular weight excluding hydrogens is 560 g/mol. The Morgan fingerprint density at radius 3 is 2.19 bits per heavy atom. The molecule has 1 N–H and O–H groups in total. The van der Waals surface area contributed by atoms with Crippen molar-refractivity contribution in [3.8, 4) is 17.0 Å². The molecule has 0 bridgehead atoms. The van der Waals surface area contributed by atoms with Crippen LogP contribution < -0.4 is 10.1 Å². The van der Waals surface area contributed by atoms with E-state index in [1.165, 1.54) is 13.2 Å². The minimum atomic E-state index is -2.05. The van der Waals surface area contributed by atoms with E-state index in [4.69, 9.17) is 13.9 Å². The molecule has 3 rings (SSSR count). The van der Waals surface area contributed by atoms with Crippen LogP contribution in [0.2, 0.25) is 18.1 Å². The van der Waals surface area contributed by atoms with E-state index in [0.717, 1.165) is 5.56 Å². The number of pyridine rings is 1. The van der Waals surface area contributed by atoms with Gasteiger partial charge in [-0.1, -0.05) is 77.9 Å². The molecule has 1 aromatic heterocycles. The quantitative estimate of drug-likeness (QED) is 0.142. The molecule has 43 heavy (non-hydrogen) atoms. The summed E-state index contributed by atoms with van der Waals surface area (Å²) in [6.07, 6.45) is 0.605. The molecule has 0 fully saturated rings. The molecule has 0 spiro atoms. The van der Waals surface area contributed by atoms with Crippen molar-refractivity contribution in [3.05, 3.63) is 83.0 Å². The van der Waals surface area contributed by atoms with Gasteiger partial charge in [0.25, 0.3) is 5.91 Å². The van der Waals surface area contributed by atoms with Crippen LogP contribution in [0.5, 0.6) is 5.88 Å². The Balaban J connectivity index is 1.98. The van der Waals surface area contributed by atoms with Crippen molar-refractivity contribution in [1.82, 2.24) is 10.3 Å². The molecule has 9 heteroatoms. The second kappa shape index (κ2) is 13.6.